The quantitative estimate of drug-likeness (QED) is 0.666. The number of nitro benzene ring substituents is 1. The van der Waals surface area contributed by atoms with E-state index in [1.54, 1.807) is 23.9 Å². The highest BCUT2D eigenvalue weighted by molar-refractivity contribution is 5.47. The van der Waals surface area contributed by atoms with E-state index in [-0.39, 0.29) is 11.7 Å². The molecule has 0 bridgehead atoms. The monoisotopic (exact) mass is 275 g/mol. The molecule has 0 aliphatic heterocycles. The average molecular weight is 275 g/mol. The van der Waals surface area contributed by atoms with Crippen molar-refractivity contribution >= 4 is 5.69 Å². The molecule has 2 rings (SSSR count). The number of nitro groups is 1. The molecular weight excluding hydrogens is 258 g/mol. The van der Waals surface area contributed by atoms with Crippen molar-refractivity contribution in [3.05, 3.63) is 45.8 Å². The Morgan fingerprint density at radius 1 is 1.50 bits per heavy atom. The third-order valence-corrected chi connectivity index (χ3v) is 3.13. The van der Waals surface area contributed by atoms with Crippen LogP contribution in [0.4, 0.5) is 5.69 Å². The number of non-ortho nitro benzene ring substituents is 1. The van der Waals surface area contributed by atoms with E-state index >= 15 is 0 Å². The first kappa shape index (κ1) is 14.1. The Bertz CT molecular complexity index is 623. The van der Waals surface area contributed by atoms with Gasteiger partial charge in [-0.3, -0.25) is 10.1 Å². The minimum atomic E-state index is -0.416. The van der Waals surface area contributed by atoms with Crippen LogP contribution in [0.25, 0.3) is 5.69 Å². The van der Waals surface area contributed by atoms with Crippen LogP contribution < -0.4 is 5.73 Å². The fourth-order valence-electron chi connectivity index (χ4n) is 2.03. The molecule has 0 aliphatic rings. The highest BCUT2D eigenvalue weighted by Crippen LogP contribution is 2.21. The van der Waals surface area contributed by atoms with Crippen LogP contribution >= 0.6 is 0 Å². The summed E-state index contributed by atoms with van der Waals surface area (Å²) < 4.78 is 1.60. The molecule has 0 amide bonds. The molecule has 1 heterocycles. The van der Waals surface area contributed by atoms with E-state index in [1.807, 2.05) is 0 Å². The molecule has 20 heavy (non-hydrogen) atoms. The summed E-state index contributed by atoms with van der Waals surface area (Å²) in [5.41, 5.74) is 8.31. The van der Waals surface area contributed by atoms with E-state index in [9.17, 15) is 10.1 Å². The summed E-state index contributed by atoms with van der Waals surface area (Å²) in [6.45, 7) is 3.86. The second-order valence-electron chi connectivity index (χ2n) is 4.71. The van der Waals surface area contributed by atoms with Crippen LogP contribution in [-0.2, 0) is 0 Å². The maximum absolute atomic E-state index is 10.7. The number of benzene rings is 1. The lowest BCUT2D eigenvalue weighted by molar-refractivity contribution is -0.384. The molecule has 106 valence electrons. The number of aryl methyl sites for hydroxylation is 1. The summed E-state index contributed by atoms with van der Waals surface area (Å²) in [6.07, 6.45) is 3.59. The Morgan fingerprint density at radius 2 is 2.25 bits per heavy atom. The molecular formula is C13H17N5O2. The molecule has 7 heteroatoms. The number of hydrogen-bond donors (Lipinski definition) is 1. The van der Waals surface area contributed by atoms with E-state index in [4.69, 9.17) is 5.73 Å². The van der Waals surface area contributed by atoms with Crippen LogP contribution in [0.2, 0.25) is 0 Å². The first-order chi connectivity index (χ1) is 9.52. The highest BCUT2D eigenvalue weighted by Gasteiger charge is 2.13. The van der Waals surface area contributed by atoms with E-state index in [0.29, 0.717) is 0 Å². The lowest BCUT2D eigenvalue weighted by Gasteiger charge is -2.06. The van der Waals surface area contributed by atoms with Crippen LogP contribution in [0.5, 0.6) is 0 Å². The molecule has 0 aliphatic carbocycles. The molecule has 0 radical (unpaired) electrons. The molecule has 0 fully saturated rings. The zero-order valence-corrected chi connectivity index (χ0v) is 11.5. The Balaban J connectivity index is 2.30. The lowest BCUT2D eigenvalue weighted by Crippen LogP contribution is -2.10. The van der Waals surface area contributed by atoms with E-state index in [0.717, 1.165) is 29.8 Å². The molecule has 1 aromatic heterocycles. The van der Waals surface area contributed by atoms with E-state index in [1.165, 1.54) is 12.1 Å². The van der Waals surface area contributed by atoms with Crippen molar-refractivity contribution in [1.82, 2.24) is 15.0 Å². The normalized spacial score (nSPS) is 12.3. The molecule has 7 nitrogen and oxygen atoms in total. The lowest BCUT2D eigenvalue weighted by atomic mass is 10.1. The largest absolute Gasteiger partial charge is 0.323 e. The standard InChI is InChI=1S/C13H17N5O2/c1-3-4-11(14)12-8-17(16-15-12)13-6-5-10(18(19)20)7-9(13)2/h5-8,11H,3-4,14H2,1-2H3. The van der Waals surface area contributed by atoms with Gasteiger partial charge in [-0.1, -0.05) is 18.6 Å². The highest BCUT2D eigenvalue weighted by atomic mass is 16.6. The number of aromatic nitrogens is 3. The third-order valence-electron chi connectivity index (χ3n) is 3.13. The average Bonchev–Trinajstić information content (AvgIpc) is 2.88. The number of rotatable bonds is 5. The van der Waals surface area contributed by atoms with Gasteiger partial charge in [-0.15, -0.1) is 5.10 Å². The molecule has 0 saturated carbocycles. The van der Waals surface area contributed by atoms with Crippen LogP contribution in [0.3, 0.4) is 0 Å². The van der Waals surface area contributed by atoms with Gasteiger partial charge < -0.3 is 5.73 Å². The molecule has 1 atom stereocenters. The Morgan fingerprint density at radius 3 is 2.85 bits per heavy atom. The van der Waals surface area contributed by atoms with Crippen molar-refractivity contribution in [3.63, 3.8) is 0 Å². The zero-order chi connectivity index (χ0) is 14.7. The van der Waals surface area contributed by atoms with Crippen molar-refractivity contribution in [2.75, 3.05) is 0 Å². The Hall–Kier alpha value is -2.28. The van der Waals surface area contributed by atoms with Gasteiger partial charge in [-0.25, -0.2) is 4.68 Å². The van der Waals surface area contributed by atoms with Gasteiger partial charge in [0.1, 0.15) is 0 Å². The second kappa shape index (κ2) is 5.79. The predicted molar refractivity (Wildman–Crippen MR) is 74.6 cm³/mol. The first-order valence-electron chi connectivity index (χ1n) is 6.46. The van der Waals surface area contributed by atoms with Crippen LogP contribution in [0.1, 0.15) is 37.1 Å². The Kier molecular flexibility index (Phi) is 4.09. The van der Waals surface area contributed by atoms with Crippen LogP contribution in [0.15, 0.2) is 24.4 Å². The minimum Gasteiger partial charge on any atom is -0.323 e. The molecule has 2 aromatic rings. The molecule has 1 unspecified atom stereocenters. The molecule has 2 N–H and O–H groups in total. The van der Waals surface area contributed by atoms with Gasteiger partial charge in [0.15, 0.2) is 0 Å². The molecule has 1 aromatic carbocycles. The second-order valence-corrected chi connectivity index (χ2v) is 4.71. The summed E-state index contributed by atoms with van der Waals surface area (Å²) in [6, 6.07) is 4.50. The number of hydrogen-bond acceptors (Lipinski definition) is 5. The van der Waals surface area contributed by atoms with Crippen molar-refractivity contribution in [3.8, 4) is 5.69 Å². The van der Waals surface area contributed by atoms with Gasteiger partial charge >= 0.3 is 0 Å². The van der Waals surface area contributed by atoms with Gasteiger partial charge in [0.25, 0.3) is 5.69 Å². The van der Waals surface area contributed by atoms with Gasteiger partial charge in [-0.05, 0) is 25.0 Å². The Labute approximate surface area is 116 Å². The smallest absolute Gasteiger partial charge is 0.269 e. The minimum absolute atomic E-state index is 0.0641. The maximum atomic E-state index is 10.7. The van der Waals surface area contributed by atoms with Crippen molar-refractivity contribution in [2.24, 2.45) is 5.73 Å². The number of nitrogens with two attached hydrogens (primary N) is 1. The molecule has 0 spiro atoms. The van der Waals surface area contributed by atoms with Gasteiger partial charge in [0.05, 0.1) is 28.5 Å². The van der Waals surface area contributed by atoms with Gasteiger partial charge in [-0.2, -0.15) is 0 Å². The first-order valence-corrected chi connectivity index (χ1v) is 6.46. The van der Waals surface area contributed by atoms with E-state index in [2.05, 4.69) is 17.2 Å². The topological polar surface area (TPSA) is 99.9 Å². The van der Waals surface area contributed by atoms with Crippen molar-refractivity contribution in [2.45, 2.75) is 32.7 Å². The summed E-state index contributed by atoms with van der Waals surface area (Å²) in [4.78, 5) is 10.3. The summed E-state index contributed by atoms with van der Waals surface area (Å²) in [7, 11) is 0. The zero-order valence-electron chi connectivity index (χ0n) is 11.5. The van der Waals surface area contributed by atoms with Crippen LogP contribution in [0, 0.1) is 17.0 Å². The van der Waals surface area contributed by atoms with Crippen molar-refractivity contribution in [1.29, 1.82) is 0 Å². The third kappa shape index (κ3) is 2.83. The maximum Gasteiger partial charge on any atom is 0.269 e. The summed E-state index contributed by atoms with van der Waals surface area (Å²) >= 11 is 0. The summed E-state index contributed by atoms with van der Waals surface area (Å²) in [5, 5.41) is 18.8. The predicted octanol–water partition coefficient (Wildman–Crippen LogP) is 2.28. The van der Waals surface area contributed by atoms with Crippen molar-refractivity contribution < 1.29 is 4.92 Å². The SMILES string of the molecule is CCCC(N)c1cn(-c2ccc([N+](=O)[O-])cc2C)nn1. The number of nitrogens with zero attached hydrogens (tertiary/aromatic N) is 4. The fraction of sp³-hybridized carbons (Fsp3) is 0.385. The fourth-order valence-corrected chi connectivity index (χ4v) is 2.03. The molecule has 0 saturated heterocycles. The van der Waals surface area contributed by atoms with E-state index < -0.39 is 4.92 Å². The van der Waals surface area contributed by atoms with Gasteiger partial charge in [0, 0.05) is 12.1 Å². The van der Waals surface area contributed by atoms with Gasteiger partial charge in [0.2, 0.25) is 0 Å². The summed E-state index contributed by atoms with van der Waals surface area (Å²) in [5.74, 6) is 0. The van der Waals surface area contributed by atoms with Crippen LogP contribution in [-0.4, -0.2) is 19.9 Å².